The number of hydrogen-bond acceptors (Lipinski definition) is 9. The number of anilines is 1. The van der Waals surface area contributed by atoms with Gasteiger partial charge in [-0.05, 0) is 84.5 Å². The van der Waals surface area contributed by atoms with Crippen LogP contribution in [0.3, 0.4) is 0 Å². The second kappa shape index (κ2) is 11.3. The monoisotopic (exact) mass is 717 g/mol. The highest BCUT2D eigenvalue weighted by molar-refractivity contribution is 7.90. The molecule has 14 nitrogen and oxygen atoms in total. The molecule has 3 aromatic heterocycles. The van der Waals surface area contributed by atoms with Crippen molar-refractivity contribution in [1.29, 1.82) is 0 Å². The van der Waals surface area contributed by atoms with E-state index in [0.717, 1.165) is 11.6 Å². The van der Waals surface area contributed by atoms with Gasteiger partial charge in [-0.2, -0.15) is 25.3 Å². The molecule has 7 rings (SSSR count). The third-order valence-electron chi connectivity index (χ3n) is 7.74. The van der Waals surface area contributed by atoms with Crippen molar-refractivity contribution in [2.75, 3.05) is 5.73 Å². The van der Waals surface area contributed by atoms with E-state index in [1.807, 2.05) is 24.3 Å². The highest BCUT2D eigenvalue weighted by Crippen LogP contribution is 2.41. The predicted octanol–water partition coefficient (Wildman–Crippen LogP) is 5.31. The van der Waals surface area contributed by atoms with Gasteiger partial charge in [-0.1, -0.05) is 18.2 Å². The Kier molecular flexibility index (Phi) is 7.43. The number of aromatic nitrogens is 4. The first kappa shape index (κ1) is 32.1. The van der Waals surface area contributed by atoms with Crippen LogP contribution in [0.15, 0.2) is 87.5 Å². The third-order valence-corrected chi connectivity index (χ3v) is 10.8. The molecule has 49 heavy (non-hydrogen) atoms. The van der Waals surface area contributed by atoms with E-state index in [0.29, 0.717) is 51.0 Å². The minimum absolute atomic E-state index is 0.0568. The van der Waals surface area contributed by atoms with Crippen LogP contribution in [0.1, 0.15) is 22.8 Å². The Bertz CT molecular complexity index is 2800. The van der Waals surface area contributed by atoms with Gasteiger partial charge < -0.3 is 15.7 Å². The van der Waals surface area contributed by atoms with Gasteiger partial charge in [0.05, 0.1) is 22.8 Å². The number of nitrogens with one attached hydrogen (secondary N) is 2. The van der Waals surface area contributed by atoms with Gasteiger partial charge >= 0.3 is 0 Å². The zero-order valence-corrected chi connectivity index (χ0v) is 27.2. The molecule has 0 atom stereocenters. The van der Waals surface area contributed by atoms with Crippen LogP contribution >= 0.6 is 0 Å². The molecule has 2 aliphatic rings. The summed E-state index contributed by atoms with van der Waals surface area (Å²) in [6.45, 7) is 0. The van der Waals surface area contributed by atoms with Gasteiger partial charge in [0.15, 0.2) is 0 Å². The Morgan fingerprint density at radius 2 is 1.08 bits per heavy atom. The molecule has 5 aromatic rings. The van der Waals surface area contributed by atoms with Crippen molar-refractivity contribution in [3.63, 3.8) is 0 Å². The Morgan fingerprint density at radius 3 is 1.61 bits per heavy atom. The Balaban J connectivity index is 1.70. The van der Waals surface area contributed by atoms with Crippen molar-refractivity contribution in [3.05, 3.63) is 95.6 Å². The fraction of sp³-hybridized carbons (Fsp3) is 0. The summed E-state index contributed by atoms with van der Waals surface area (Å²) in [4.78, 5) is 11.2. The second-order valence-electron chi connectivity index (χ2n) is 11.0. The van der Waals surface area contributed by atoms with E-state index >= 15 is 0 Å². The van der Waals surface area contributed by atoms with Crippen molar-refractivity contribution in [2.45, 2.75) is 14.7 Å². The molecule has 2 aliphatic heterocycles. The Morgan fingerprint density at radius 1 is 0.551 bits per heavy atom. The average Bonchev–Trinajstić information content (AvgIpc) is 3.83. The second-order valence-corrected chi connectivity index (χ2v) is 15.1. The Hall–Kier alpha value is -5.43. The van der Waals surface area contributed by atoms with E-state index in [-0.39, 0.29) is 16.8 Å². The molecule has 0 saturated heterocycles. The summed E-state index contributed by atoms with van der Waals surface area (Å²) >= 11 is 0. The van der Waals surface area contributed by atoms with Crippen LogP contribution in [0.5, 0.6) is 0 Å². The molecule has 2 aromatic carbocycles. The first-order valence-electron chi connectivity index (χ1n) is 14.1. The van der Waals surface area contributed by atoms with Crippen molar-refractivity contribution in [3.8, 4) is 22.3 Å². The molecule has 0 fully saturated rings. The quantitative estimate of drug-likeness (QED) is 0.0979. The molecule has 17 heteroatoms. The molecule has 8 bridgehead atoms. The molecule has 0 spiro atoms. The lowest BCUT2D eigenvalue weighted by atomic mass is 10.0. The van der Waals surface area contributed by atoms with E-state index in [4.69, 9.17) is 10.7 Å². The van der Waals surface area contributed by atoms with Gasteiger partial charge in [0.2, 0.25) is 0 Å². The van der Waals surface area contributed by atoms with Gasteiger partial charge in [0, 0.05) is 44.4 Å². The number of benzene rings is 2. The lowest BCUT2D eigenvalue weighted by molar-refractivity contribution is 0.456. The first-order valence-corrected chi connectivity index (χ1v) is 18.4. The van der Waals surface area contributed by atoms with E-state index in [9.17, 15) is 38.9 Å². The molecule has 0 amide bonds. The maximum Gasteiger partial charge on any atom is 0.297 e. The number of rotatable bonds is 5. The van der Waals surface area contributed by atoms with E-state index < -0.39 is 50.6 Å². The topological polar surface area (TPSA) is 246 Å². The average molecular weight is 718 g/mol. The largest absolute Gasteiger partial charge is 0.399 e. The summed E-state index contributed by atoms with van der Waals surface area (Å²) in [5.41, 5.74) is 10.8. The number of nitrogens with two attached hydrogens (primary N) is 1. The molecule has 0 radical (unpaired) electrons. The minimum atomic E-state index is -5.71. The standard InChI is InChI=1S/C32H23N5O9S3/c33-18-3-1-17(2-4-18)29-24-10-7-21(35-24)15-19-5-6-20(34-19)16-22-8-11-26(36-22)30(27-13-12-25(29)37-27)23-9-14-28(47(38,39)40)32(49(44,45)46)31(23)48(41,42)43/h1-16,35-36H,33H2,(H,38,39,40)(H,41,42,43)(H,44,45,46). The molecule has 248 valence electrons. The molecule has 0 saturated carbocycles. The minimum Gasteiger partial charge on any atom is -0.399 e. The van der Waals surface area contributed by atoms with Crippen LogP contribution in [-0.4, -0.2) is 58.8 Å². The van der Waals surface area contributed by atoms with E-state index in [1.54, 1.807) is 48.6 Å². The van der Waals surface area contributed by atoms with E-state index in [2.05, 4.69) is 15.0 Å². The third kappa shape index (κ3) is 6.06. The maximum absolute atomic E-state index is 12.9. The van der Waals surface area contributed by atoms with Gasteiger partial charge in [-0.15, -0.1) is 0 Å². The number of fused-ring (bicyclic) bond motifs is 8. The fourth-order valence-corrected chi connectivity index (χ4v) is 9.12. The summed E-state index contributed by atoms with van der Waals surface area (Å²) < 4.78 is 106. The normalized spacial score (nSPS) is 13.2. The van der Waals surface area contributed by atoms with Crippen molar-refractivity contribution in [1.82, 2.24) is 19.9 Å². The fourth-order valence-electron chi connectivity index (χ4n) is 5.76. The van der Waals surface area contributed by atoms with Crippen LogP contribution in [0.2, 0.25) is 0 Å². The summed E-state index contributed by atoms with van der Waals surface area (Å²) in [6.07, 6.45) is 6.74. The highest BCUT2D eigenvalue weighted by atomic mass is 32.2. The van der Waals surface area contributed by atoms with Crippen LogP contribution in [0.25, 0.3) is 68.6 Å². The Labute approximate surface area is 278 Å². The van der Waals surface area contributed by atoms with Crippen LogP contribution in [-0.2, 0) is 30.4 Å². The molecular formula is C32H23N5O9S3. The molecule has 0 aliphatic carbocycles. The molecular weight excluding hydrogens is 695 g/mol. The summed E-state index contributed by atoms with van der Waals surface area (Å²) in [5, 5.41) is 0. The number of H-pyrrole nitrogens is 2. The first-order chi connectivity index (χ1) is 23.1. The lowest BCUT2D eigenvalue weighted by Gasteiger charge is -2.15. The highest BCUT2D eigenvalue weighted by Gasteiger charge is 2.36. The number of nitrogens with zero attached hydrogens (tertiary/aromatic N) is 2. The van der Waals surface area contributed by atoms with Crippen LogP contribution < -0.4 is 5.73 Å². The summed E-state index contributed by atoms with van der Waals surface area (Å²) in [7, 11) is -16.8. The van der Waals surface area contributed by atoms with E-state index in [1.165, 1.54) is 12.1 Å². The SMILES string of the molecule is Nc1ccc(-c2c3nc(c(-c4ccc(S(=O)(=O)O)c(S(=O)(=O)O)c4S(=O)(=O)O)c4ccc(cc5nc(cc6ccc2[nH]6)C=C5)[nH]4)C=C3)cc1. The number of hydrogen-bond donors (Lipinski definition) is 6. The number of nitrogen functional groups attached to an aromatic ring is 1. The van der Waals surface area contributed by atoms with Gasteiger partial charge in [-0.25, -0.2) is 9.97 Å². The van der Waals surface area contributed by atoms with Crippen molar-refractivity contribution >= 4 is 82.4 Å². The zero-order valence-electron chi connectivity index (χ0n) is 24.7. The van der Waals surface area contributed by atoms with Crippen molar-refractivity contribution in [2.24, 2.45) is 0 Å². The van der Waals surface area contributed by atoms with Crippen LogP contribution in [0, 0.1) is 0 Å². The summed E-state index contributed by atoms with van der Waals surface area (Å²) in [5.74, 6) is 0. The van der Waals surface area contributed by atoms with Gasteiger partial charge in [-0.3, -0.25) is 13.7 Å². The maximum atomic E-state index is 12.9. The number of aromatic amines is 2. The zero-order chi connectivity index (χ0) is 34.9. The smallest absolute Gasteiger partial charge is 0.297 e. The lowest BCUT2D eigenvalue weighted by Crippen LogP contribution is -2.15. The van der Waals surface area contributed by atoms with Gasteiger partial charge in [0.1, 0.15) is 14.7 Å². The molecule has 0 unspecified atom stereocenters. The predicted molar refractivity (Wildman–Crippen MR) is 184 cm³/mol. The molecule has 7 N–H and O–H groups in total. The summed E-state index contributed by atoms with van der Waals surface area (Å²) in [6, 6.07) is 18.9. The van der Waals surface area contributed by atoms with Crippen LogP contribution in [0.4, 0.5) is 5.69 Å². The van der Waals surface area contributed by atoms with Gasteiger partial charge in [0.25, 0.3) is 30.4 Å². The molecule has 5 heterocycles. The van der Waals surface area contributed by atoms with Crippen molar-refractivity contribution < 1.29 is 38.9 Å².